The largest absolute Gasteiger partial charge is 0.497 e. The molecule has 0 fully saturated rings. The third-order valence-corrected chi connectivity index (χ3v) is 4.56. The summed E-state index contributed by atoms with van der Waals surface area (Å²) in [5.74, 6) is 2.35. The van der Waals surface area contributed by atoms with E-state index in [0.29, 0.717) is 24.4 Å². The maximum Gasteiger partial charge on any atom is 0.118 e. The van der Waals surface area contributed by atoms with E-state index < -0.39 is 0 Å². The molecule has 3 unspecified atom stereocenters. The maximum absolute atomic E-state index is 6.26. The molecule has 0 aliphatic heterocycles. The lowest BCUT2D eigenvalue weighted by molar-refractivity contribution is -0.0953. The van der Waals surface area contributed by atoms with Gasteiger partial charge in [0.25, 0.3) is 0 Å². The highest BCUT2D eigenvalue weighted by Crippen LogP contribution is 2.24. The van der Waals surface area contributed by atoms with Crippen LogP contribution in [0.15, 0.2) is 36.9 Å². The smallest absolute Gasteiger partial charge is 0.118 e. The molecule has 1 aromatic carbocycles. The zero-order valence-electron chi connectivity index (χ0n) is 17.5. The molecule has 0 radical (unpaired) electrons. The second kappa shape index (κ2) is 12.1. The molecular formula is C23H38O3. The summed E-state index contributed by atoms with van der Waals surface area (Å²) in [5.41, 5.74) is 1.14. The van der Waals surface area contributed by atoms with Crippen LogP contribution in [-0.2, 0) is 16.1 Å². The minimum absolute atomic E-state index is 0.00557. The molecule has 0 aliphatic carbocycles. The minimum atomic E-state index is 0.00557. The fourth-order valence-corrected chi connectivity index (χ4v) is 2.90. The van der Waals surface area contributed by atoms with Gasteiger partial charge in [0.05, 0.1) is 25.9 Å². The quantitative estimate of drug-likeness (QED) is 0.410. The van der Waals surface area contributed by atoms with Crippen LogP contribution in [0.3, 0.4) is 0 Å². The number of methoxy groups -OCH3 is 1. The Kier molecular flexibility index (Phi) is 10.6. The summed E-state index contributed by atoms with van der Waals surface area (Å²) < 4.78 is 17.6. The molecule has 0 saturated carbocycles. The van der Waals surface area contributed by atoms with Gasteiger partial charge in [0, 0.05) is 12.5 Å². The average Bonchev–Trinajstić information content (AvgIpc) is 2.62. The van der Waals surface area contributed by atoms with Crippen LogP contribution >= 0.6 is 0 Å². The van der Waals surface area contributed by atoms with Gasteiger partial charge in [-0.05, 0) is 42.9 Å². The molecule has 148 valence electrons. The Labute approximate surface area is 160 Å². The second-order valence-corrected chi connectivity index (χ2v) is 7.93. The van der Waals surface area contributed by atoms with Crippen molar-refractivity contribution in [3.05, 3.63) is 42.5 Å². The third-order valence-electron chi connectivity index (χ3n) is 4.56. The summed E-state index contributed by atoms with van der Waals surface area (Å²) in [7, 11) is 1.68. The van der Waals surface area contributed by atoms with Crippen LogP contribution in [0.1, 0.15) is 53.0 Å². The fourth-order valence-electron chi connectivity index (χ4n) is 2.90. The highest BCUT2D eigenvalue weighted by Gasteiger charge is 2.27. The average molecular weight is 363 g/mol. The molecule has 3 nitrogen and oxygen atoms in total. The molecule has 0 aromatic heterocycles. The summed E-state index contributed by atoms with van der Waals surface area (Å²) >= 11 is 0. The van der Waals surface area contributed by atoms with Gasteiger partial charge in [0.2, 0.25) is 0 Å². The van der Waals surface area contributed by atoms with E-state index in [0.717, 1.165) is 24.3 Å². The Balaban J connectivity index is 2.70. The molecule has 0 bridgehead atoms. The van der Waals surface area contributed by atoms with Crippen molar-refractivity contribution in [1.29, 1.82) is 0 Å². The van der Waals surface area contributed by atoms with Crippen LogP contribution in [0.4, 0.5) is 0 Å². The van der Waals surface area contributed by atoms with Gasteiger partial charge in [0.1, 0.15) is 5.75 Å². The van der Waals surface area contributed by atoms with Crippen molar-refractivity contribution >= 4 is 0 Å². The van der Waals surface area contributed by atoms with E-state index in [1.807, 2.05) is 30.3 Å². The summed E-state index contributed by atoms with van der Waals surface area (Å²) in [6.45, 7) is 16.4. The molecule has 0 aliphatic rings. The molecule has 0 spiro atoms. The SMILES string of the molecule is C=CC(CCC(C)C)C(OCC(C)C)C(C)OCc1ccc(OC)cc1. The minimum Gasteiger partial charge on any atom is -0.497 e. The molecule has 26 heavy (non-hydrogen) atoms. The van der Waals surface area contributed by atoms with Crippen LogP contribution in [0.5, 0.6) is 5.75 Å². The highest BCUT2D eigenvalue weighted by molar-refractivity contribution is 5.26. The van der Waals surface area contributed by atoms with Crippen LogP contribution in [0.25, 0.3) is 0 Å². The van der Waals surface area contributed by atoms with Crippen LogP contribution in [-0.4, -0.2) is 25.9 Å². The zero-order valence-corrected chi connectivity index (χ0v) is 17.5. The van der Waals surface area contributed by atoms with Gasteiger partial charge >= 0.3 is 0 Å². The van der Waals surface area contributed by atoms with Gasteiger partial charge in [-0.3, -0.25) is 0 Å². The number of rotatable bonds is 13. The van der Waals surface area contributed by atoms with Gasteiger partial charge in [-0.2, -0.15) is 0 Å². The molecule has 0 amide bonds. The predicted octanol–water partition coefficient (Wildman–Crippen LogP) is 5.88. The first-order valence-corrected chi connectivity index (χ1v) is 9.86. The summed E-state index contributed by atoms with van der Waals surface area (Å²) in [6.07, 6.45) is 4.34. The standard InChI is InChI=1S/C23H38O3/c1-8-21(12-9-17(2)3)23(26-15-18(4)5)19(6)25-16-20-10-13-22(24-7)14-11-20/h8,10-11,13-14,17-19,21,23H,1,9,12,15-16H2,2-7H3. The van der Waals surface area contributed by atoms with E-state index in [-0.39, 0.29) is 12.2 Å². The lowest BCUT2D eigenvalue weighted by Gasteiger charge is -2.31. The van der Waals surface area contributed by atoms with Gasteiger partial charge in [-0.1, -0.05) is 52.3 Å². The lowest BCUT2D eigenvalue weighted by atomic mass is 9.90. The first-order chi connectivity index (χ1) is 12.4. The van der Waals surface area contributed by atoms with E-state index in [2.05, 4.69) is 41.2 Å². The van der Waals surface area contributed by atoms with E-state index in [4.69, 9.17) is 14.2 Å². The van der Waals surface area contributed by atoms with Crippen molar-refractivity contribution in [1.82, 2.24) is 0 Å². The number of hydrogen-bond donors (Lipinski definition) is 0. The van der Waals surface area contributed by atoms with Crippen molar-refractivity contribution in [3.63, 3.8) is 0 Å². The molecule has 1 rings (SSSR count). The van der Waals surface area contributed by atoms with Crippen molar-refractivity contribution in [3.8, 4) is 5.75 Å². The number of ether oxygens (including phenoxy) is 3. The normalized spacial score (nSPS) is 15.1. The Morgan fingerprint density at radius 3 is 2.08 bits per heavy atom. The predicted molar refractivity (Wildman–Crippen MR) is 110 cm³/mol. The van der Waals surface area contributed by atoms with E-state index in [1.54, 1.807) is 7.11 Å². The van der Waals surface area contributed by atoms with Crippen LogP contribution < -0.4 is 4.74 Å². The Bertz CT molecular complexity index is 493. The molecule has 3 heteroatoms. The second-order valence-electron chi connectivity index (χ2n) is 7.93. The monoisotopic (exact) mass is 362 g/mol. The first kappa shape index (κ1) is 22.7. The molecule has 3 atom stereocenters. The fraction of sp³-hybridized carbons (Fsp3) is 0.652. The van der Waals surface area contributed by atoms with Gasteiger partial charge in [0.15, 0.2) is 0 Å². The molecule has 0 N–H and O–H groups in total. The lowest BCUT2D eigenvalue weighted by Crippen LogP contribution is -2.36. The third kappa shape index (κ3) is 8.37. The highest BCUT2D eigenvalue weighted by atomic mass is 16.5. The van der Waals surface area contributed by atoms with E-state index in [9.17, 15) is 0 Å². The van der Waals surface area contributed by atoms with E-state index >= 15 is 0 Å². The van der Waals surface area contributed by atoms with Gasteiger partial charge in [-0.15, -0.1) is 6.58 Å². The Hall–Kier alpha value is -1.32. The van der Waals surface area contributed by atoms with Crippen molar-refractivity contribution < 1.29 is 14.2 Å². The van der Waals surface area contributed by atoms with Gasteiger partial charge in [-0.25, -0.2) is 0 Å². The Morgan fingerprint density at radius 1 is 0.923 bits per heavy atom. The zero-order chi connectivity index (χ0) is 19.5. The van der Waals surface area contributed by atoms with Crippen molar-refractivity contribution in [2.24, 2.45) is 17.8 Å². The summed E-state index contributed by atoms with van der Waals surface area (Å²) in [4.78, 5) is 0. The maximum atomic E-state index is 6.26. The number of benzene rings is 1. The van der Waals surface area contributed by atoms with Crippen LogP contribution in [0, 0.1) is 17.8 Å². The summed E-state index contributed by atoms with van der Waals surface area (Å²) in [6, 6.07) is 8.01. The summed E-state index contributed by atoms with van der Waals surface area (Å²) in [5, 5.41) is 0. The molecule has 1 aromatic rings. The first-order valence-electron chi connectivity index (χ1n) is 9.86. The molecule has 0 heterocycles. The molecular weight excluding hydrogens is 324 g/mol. The van der Waals surface area contributed by atoms with Crippen molar-refractivity contribution in [2.45, 2.75) is 66.3 Å². The van der Waals surface area contributed by atoms with Crippen LogP contribution in [0.2, 0.25) is 0 Å². The Morgan fingerprint density at radius 2 is 1.58 bits per heavy atom. The van der Waals surface area contributed by atoms with Crippen molar-refractivity contribution in [2.75, 3.05) is 13.7 Å². The number of hydrogen-bond acceptors (Lipinski definition) is 3. The topological polar surface area (TPSA) is 27.7 Å². The van der Waals surface area contributed by atoms with E-state index in [1.165, 1.54) is 6.42 Å². The van der Waals surface area contributed by atoms with Gasteiger partial charge < -0.3 is 14.2 Å². The molecule has 0 saturated heterocycles.